The number of hydrogen-bond donors (Lipinski definition) is 3. The Morgan fingerprint density at radius 1 is 0.900 bits per heavy atom. The van der Waals surface area contributed by atoms with Crippen LogP contribution in [0, 0.1) is 5.92 Å². The minimum atomic E-state index is -0.225. The van der Waals surface area contributed by atoms with Crippen LogP contribution in [0.5, 0.6) is 0 Å². The van der Waals surface area contributed by atoms with E-state index in [-0.39, 0.29) is 30.2 Å². The van der Waals surface area contributed by atoms with E-state index in [2.05, 4.69) is 16.0 Å². The third-order valence-electron chi connectivity index (χ3n) is 4.89. The molecule has 1 aliphatic heterocycles. The fourth-order valence-electron chi connectivity index (χ4n) is 3.21. The Hall–Kier alpha value is -3.35. The van der Waals surface area contributed by atoms with E-state index in [1.165, 1.54) is 0 Å². The van der Waals surface area contributed by atoms with Gasteiger partial charge < -0.3 is 20.9 Å². The number of anilines is 3. The molecule has 0 aromatic heterocycles. The molecule has 0 radical (unpaired) electrons. The summed E-state index contributed by atoms with van der Waals surface area (Å²) in [6.07, 6.45) is 2.08. The van der Waals surface area contributed by atoms with Crippen LogP contribution in [0.3, 0.4) is 0 Å². The van der Waals surface area contributed by atoms with Crippen molar-refractivity contribution in [1.82, 2.24) is 4.90 Å². The number of hydrogen-bond acceptors (Lipinski definition) is 4. The minimum absolute atomic E-state index is 0.00184. The van der Waals surface area contributed by atoms with Crippen molar-refractivity contribution >= 4 is 34.8 Å². The Morgan fingerprint density at radius 2 is 1.53 bits per heavy atom. The molecular weight excluding hydrogens is 380 g/mol. The molecule has 1 fully saturated rings. The summed E-state index contributed by atoms with van der Waals surface area (Å²) in [6, 6.07) is 14.2. The quantitative estimate of drug-likeness (QED) is 0.653. The maximum absolute atomic E-state index is 12.5. The second kappa shape index (κ2) is 9.91. The van der Waals surface area contributed by atoms with Gasteiger partial charge in [-0.25, -0.2) is 0 Å². The maximum atomic E-state index is 12.5. The van der Waals surface area contributed by atoms with E-state index < -0.39 is 0 Å². The Bertz CT molecular complexity index is 920. The summed E-state index contributed by atoms with van der Waals surface area (Å²) < 4.78 is 0. The van der Waals surface area contributed by atoms with Gasteiger partial charge in [-0.15, -0.1) is 0 Å². The molecule has 0 unspecified atom stereocenters. The average Bonchev–Trinajstić information content (AvgIpc) is 3.27. The summed E-state index contributed by atoms with van der Waals surface area (Å²) in [5.74, 6) is -0.395. The highest BCUT2D eigenvalue weighted by atomic mass is 16.2. The van der Waals surface area contributed by atoms with Gasteiger partial charge in [-0.3, -0.25) is 14.4 Å². The molecule has 2 aromatic rings. The van der Waals surface area contributed by atoms with Gasteiger partial charge in [0.15, 0.2) is 0 Å². The lowest BCUT2D eigenvalue weighted by Gasteiger charge is -2.16. The number of amides is 3. The van der Waals surface area contributed by atoms with Gasteiger partial charge in [0.25, 0.3) is 5.91 Å². The number of nitrogens with zero attached hydrogens (tertiary/aromatic N) is 1. The van der Waals surface area contributed by atoms with Crippen LogP contribution in [0.25, 0.3) is 0 Å². The topological polar surface area (TPSA) is 90.5 Å². The van der Waals surface area contributed by atoms with Gasteiger partial charge in [0.05, 0.1) is 6.54 Å². The first-order chi connectivity index (χ1) is 14.4. The van der Waals surface area contributed by atoms with E-state index >= 15 is 0 Å². The lowest BCUT2D eigenvalue weighted by atomic mass is 10.1. The molecule has 7 nitrogen and oxygen atoms in total. The number of likely N-dealkylation sites (tertiary alicyclic amines) is 1. The Labute approximate surface area is 176 Å². The lowest BCUT2D eigenvalue weighted by Crippen LogP contribution is -2.27. The van der Waals surface area contributed by atoms with Crippen molar-refractivity contribution in [2.24, 2.45) is 5.92 Å². The van der Waals surface area contributed by atoms with E-state index in [0.717, 1.165) is 31.6 Å². The van der Waals surface area contributed by atoms with Gasteiger partial charge in [0.1, 0.15) is 0 Å². The number of benzene rings is 2. The van der Waals surface area contributed by atoms with Crippen molar-refractivity contribution in [1.29, 1.82) is 0 Å². The van der Waals surface area contributed by atoms with Gasteiger partial charge in [-0.1, -0.05) is 26.0 Å². The molecule has 0 saturated carbocycles. The fraction of sp³-hybridized carbons (Fsp3) is 0.348. The molecule has 30 heavy (non-hydrogen) atoms. The van der Waals surface area contributed by atoms with Crippen LogP contribution in [0.1, 0.15) is 37.0 Å². The molecule has 1 heterocycles. The van der Waals surface area contributed by atoms with Crippen LogP contribution >= 0.6 is 0 Å². The zero-order chi connectivity index (χ0) is 21.5. The number of nitrogens with one attached hydrogen (secondary N) is 3. The van der Waals surface area contributed by atoms with E-state index in [4.69, 9.17) is 0 Å². The molecule has 1 saturated heterocycles. The summed E-state index contributed by atoms with van der Waals surface area (Å²) in [6.45, 7) is 5.29. The number of rotatable bonds is 7. The minimum Gasteiger partial charge on any atom is -0.376 e. The highest BCUT2D eigenvalue weighted by Gasteiger charge is 2.19. The molecule has 3 amide bonds. The molecule has 7 heteroatoms. The highest BCUT2D eigenvalue weighted by Crippen LogP contribution is 2.18. The Kier molecular flexibility index (Phi) is 7.06. The van der Waals surface area contributed by atoms with Crippen LogP contribution in [0.4, 0.5) is 17.1 Å². The SMILES string of the molecule is CC(C)C(=O)Nc1cccc(NCC(=O)Nc2cccc(C(=O)N3CCCC3)c2)c1. The van der Waals surface area contributed by atoms with Crippen LogP contribution in [-0.2, 0) is 9.59 Å². The molecule has 2 aromatic carbocycles. The monoisotopic (exact) mass is 408 g/mol. The summed E-state index contributed by atoms with van der Waals surface area (Å²) in [7, 11) is 0. The van der Waals surface area contributed by atoms with Crippen molar-refractivity contribution in [3.63, 3.8) is 0 Å². The van der Waals surface area contributed by atoms with Crippen molar-refractivity contribution < 1.29 is 14.4 Å². The van der Waals surface area contributed by atoms with Crippen molar-refractivity contribution in [2.75, 3.05) is 35.6 Å². The van der Waals surface area contributed by atoms with Crippen LogP contribution in [0.2, 0.25) is 0 Å². The van der Waals surface area contributed by atoms with E-state index in [9.17, 15) is 14.4 Å². The van der Waals surface area contributed by atoms with Crippen LogP contribution in [-0.4, -0.2) is 42.3 Å². The second-order valence-corrected chi connectivity index (χ2v) is 7.71. The normalized spacial score (nSPS) is 13.2. The summed E-state index contributed by atoms with van der Waals surface area (Å²) in [5.41, 5.74) is 2.57. The van der Waals surface area contributed by atoms with Crippen molar-refractivity contribution in [3.8, 4) is 0 Å². The zero-order valence-electron chi connectivity index (χ0n) is 17.4. The van der Waals surface area contributed by atoms with Gasteiger partial charge in [-0.05, 0) is 49.2 Å². The molecule has 158 valence electrons. The second-order valence-electron chi connectivity index (χ2n) is 7.71. The smallest absolute Gasteiger partial charge is 0.253 e. The summed E-state index contributed by atoms with van der Waals surface area (Å²) >= 11 is 0. The maximum Gasteiger partial charge on any atom is 0.253 e. The van der Waals surface area contributed by atoms with Crippen molar-refractivity contribution in [2.45, 2.75) is 26.7 Å². The van der Waals surface area contributed by atoms with E-state index in [0.29, 0.717) is 16.9 Å². The highest BCUT2D eigenvalue weighted by molar-refractivity contribution is 5.98. The molecule has 0 bridgehead atoms. The standard InChI is InChI=1S/C23H28N4O3/c1-16(2)22(29)26-20-10-6-8-18(14-20)24-15-21(28)25-19-9-5-7-17(13-19)23(30)27-11-3-4-12-27/h5-10,13-14,16,24H,3-4,11-12,15H2,1-2H3,(H,25,28)(H,26,29). The molecule has 0 spiro atoms. The molecule has 0 aliphatic carbocycles. The summed E-state index contributed by atoms with van der Waals surface area (Å²) in [4.78, 5) is 38.5. The van der Waals surface area contributed by atoms with Crippen LogP contribution in [0.15, 0.2) is 48.5 Å². The fourth-order valence-corrected chi connectivity index (χ4v) is 3.21. The van der Waals surface area contributed by atoms with Gasteiger partial charge in [0.2, 0.25) is 11.8 Å². The van der Waals surface area contributed by atoms with E-state index in [1.54, 1.807) is 36.4 Å². The van der Waals surface area contributed by atoms with E-state index in [1.807, 2.05) is 30.9 Å². The first kappa shape index (κ1) is 21.4. The first-order valence-corrected chi connectivity index (χ1v) is 10.3. The number of carbonyl (C=O) groups excluding carboxylic acids is 3. The third kappa shape index (κ3) is 5.83. The van der Waals surface area contributed by atoms with Gasteiger partial charge in [0, 0.05) is 41.6 Å². The molecular formula is C23H28N4O3. The van der Waals surface area contributed by atoms with Crippen molar-refractivity contribution in [3.05, 3.63) is 54.1 Å². The average molecular weight is 409 g/mol. The van der Waals surface area contributed by atoms with Gasteiger partial charge >= 0.3 is 0 Å². The van der Waals surface area contributed by atoms with Gasteiger partial charge in [-0.2, -0.15) is 0 Å². The summed E-state index contributed by atoms with van der Waals surface area (Å²) in [5, 5.41) is 8.70. The zero-order valence-corrected chi connectivity index (χ0v) is 17.4. The molecule has 0 atom stereocenters. The first-order valence-electron chi connectivity index (χ1n) is 10.3. The largest absolute Gasteiger partial charge is 0.376 e. The predicted octanol–water partition coefficient (Wildman–Crippen LogP) is 3.57. The molecule has 3 rings (SSSR count). The number of carbonyl (C=O) groups is 3. The Balaban J connectivity index is 1.54. The lowest BCUT2D eigenvalue weighted by molar-refractivity contribution is -0.119. The third-order valence-corrected chi connectivity index (χ3v) is 4.89. The molecule has 1 aliphatic rings. The predicted molar refractivity (Wildman–Crippen MR) is 119 cm³/mol. The molecule has 3 N–H and O–H groups in total. The Morgan fingerprint density at radius 3 is 2.23 bits per heavy atom. The van der Waals surface area contributed by atoms with Crippen LogP contribution < -0.4 is 16.0 Å².